The fourth-order valence-corrected chi connectivity index (χ4v) is 2.08. The number of hydrogen-bond acceptors (Lipinski definition) is 3. The number of Topliss-reactive ketones (excluding diaryl/α,β-unsaturated/α-hetero) is 1. The minimum absolute atomic E-state index is 0.0157. The molecule has 1 aromatic carbocycles. The molecule has 0 amide bonds. The Bertz CT molecular complexity index is 605. The summed E-state index contributed by atoms with van der Waals surface area (Å²) in [5.74, 6) is 0.759. The van der Waals surface area contributed by atoms with Gasteiger partial charge < -0.3 is 4.74 Å². The molecule has 0 aliphatic rings. The molecule has 19 heavy (non-hydrogen) atoms. The van der Waals surface area contributed by atoms with Crippen LogP contribution in [-0.4, -0.2) is 17.9 Å². The lowest BCUT2D eigenvalue weighted by Gasteiger charge is -2.09. The van der Waals surface area contributed by atoms with Crippen LogP contribution in [-0.2, 0) is 6.42 Å². The van der Waals surface area contributed by atoms with Gasteiger partial charge in [0.1, 0.15) is 11.4 Å². The first-order valence-electron chi connectivity index (χ1n) is 6.20. The number of hydrogen-bond donors (Lipinski definition) is 0. The number of carbonyl (C=O) groups is 1. The number of aryl methyl sites for hydroxylation is 2. The van der Waals surface area contributed by atoms with E-state index >= 15 is 0 Å². The molecule has 2 rings (SSSR count). The van der Waals surface area contributed by atoms with Crippen molar-refractivity contribution < 1.29 is 9.53 Å². The molecule has 0 radical (unpaired) electrons. The zero-order valence-electron chi connectivity index (χ0n) is 11.4. The highest BCUT2D eigenvalue weighted by atomic mass is 16.5. The van der Waals surface area contributed by atoms with E-state index in [4.69, 9.17) is 4.74 Å². The second-order valence-corrected chi connectivity index (χ2v) is 4.58. The Hall–Kier alpha value is -2.16. The summed E-state index contributed by atoms with van der Waals surface area (Å²) in [4.78, 5) is 16.5. The molecule has 0 N–H and O–H groups in total. The Morgan fingerprint density at radius 2 is 2.05 bits per heavy atom. The summed E-state index contributed by atoms with van der Waals surface area (Å²) in [6.07, 6.45) is 1.95. The van der Waals surface area contributed by atoms with E-state index in [0.29, 0.717) is 12.1 Å². The maximum Gasteiger partial charge on any atom is 0.185 e. The number of benzene rings is 1. The van der Waals surface area contributed by atoms with Gasteiger partial charge in [-0.3, -0.25) is 9.78 Å². The lowest BCUT2D eigenvalue weighted by molar-refractivity contribution is 0.0986. The Labute approximate surface area is 113 Å². The summed E-state index contributed by atoms with van der Waals surface area (Å²) >= 11 is 0. The third-order valence-corrected chi connectivity index (χ3v) is 3.06. The van der Waals surface area contributed by atoms with Gasteiger partial charge in [0.2, 0.25) is 0 Å². The average Bonchev–Trinajstić information content (AvgIpc) is 2.39. The van der Waals surface area contributed by atoms with Crippen LogP contribution in [0.4, 0.5) is 0 Å². The zero-order chi connectivity index (χ0) is 13.8. The van der Waals surface area contributed by atoms with E-state index in [1.54, 1.807) is 13.3 Å². The third kappa shape index (κ3) is 2.99. The molecule has 0 aliphatic heterocycles. The summed E-state index contributed by atoms with van der Waals surface area (Å²) in [5, 5.41) is 0. The average molecular weight is 255 g/mol. The summed E-state index contributed by atoms with van der Waals surface area (Å²) in [6.45, 7) is 3.90. The molecule has 3 heteroatoms. The first-order valence-corrected chi connectivity index (χ1v) is 6.20. The molecular formula is C16H17NO2. The van der Waals surface area contributed by atoms with Crippen LogP contribution in [0, 0.1) is 13.8 Å². The summed E-state index contributed by atoms with van der Waals surface area (Å²) in [6, 6.07) is 9.57. The maximum atomic E-state index is 12.3. The van der Waals surface area contributed by atoms with E-state index in [0.717, 1.165) is 22.4 Å². The predicted octanol–water partition coefficient (Wildman–Crippen LogP) is 3.13. The van der Waals surface area contributed by atoms with Crippen molar-refractivity contribution in [3.8, 4) is 5.75 Å². The molecule has 98 valence electrons. The van der Waals surface area contributed by atoms with Gasteiger partial charge in [-0.2, -0.15) is 0 Å². The van der Waals surface area contributed by atoms with E-state index < -0.39 is 0 Å². The monoisotopic (exact) mass is 255 g/mol. The van der Waals surface area contributed by atoms with Crippen molar-refractivity contribution in [3.63, 3.8) is 0 Å². The van der Waals surface area contributed by atoms with E-state index in [1.807, 2.05) is 44.2 Å². The van der Waals surface area contributed by atoms with E-state index in [1.165, 1.54) is 0 Å². The van der Waals surface area contributed by atoms with Gasteiger partial charge in [-0.25, -0.2) is 0 Å². The number of carbonyl (C=O) groups excluding carboxylic acids is 1. The SMILES string of the molecule is COc1ccc(C)cc1CC(=O)c1ncccc1C. The normalized spacial score (nSPS) is 10.3. The number of aromatic nitrogens is 1. The maximum absolute atomic E-state index is 12.3. The number of ketones is 1. The molecule has 0 unspecified atom stereocenters. The van der Waals surface area contributed by atoms with Crippen molar-refractivity contribution in [2.45, 2.75) is 20.3 Å². The molecule has 0 bridgehead atoms. The molecule has 1 heterocycles. The van der Waals surface area contributed by atoms with Crippen LogP contribution < -0.4 is 4.74 Å². The van der Waals surface area contributed by atoms with Crippen LogP contribution in [0.1, 0.15) is 27.2 Å². The Morgan fingerprint density at radius 1 is 1.26 bits per heavy atom. The zero-order valence-corrected chi connectivity index (χ0v) is 11.4. The van der Waals surface area contributed by atoms with Crippen molar-refractivity contribution in [2.75, 3.05) is 7.11 Å². The summed E-state index contributed by atoms with van der Waals surface area (Å²) < 4.78 is 5.29. The lowest BCUT2D eigenvalue weighted by Crippen LogP contribution is -2.09. The van der Waals surface area contributed by atoms with Crippen molar-refractivity contribution in [1.29, 1.82) is 0 Å². The molecule has 1 aromatic heterocycles. The van der Waals surface area contributed by atoms with Gasteiger partial charge in [0.25, 0.3) is 0 Å². The van der Waals surface area contributed by atoms with Gasteiger partial charge >= 0.3 is 0 Å². The molecular weight excluding hydrogens is 238 g/mol. The first-order chi connectivity index (χ1) is 9.11. The number of rotatable bonds is 4. The molecule has 0 fully saturated rings. The second-order valence-electron chi connectivity index (χ2n) is 4.58. The highest BCUT2D eigenvalue weighted by Gasteiger charge is 2.14. The quantitative estimate of drug-likeness (QED) is 0.788. The van der Waals surface area contributed by atoms with E-state index in [-0.39, 0.29) is 5.78 Å². The highest BCUT2D eigenvalue weighted by molar-refractivity contribution is 5.97. The fraction of sp³-hybridized carbons (Fsp3) is 0.250. The van der Waals surface area contributed by atoms with Crippen LogP contribution in [0.25, 0.3) is 0 Å². The molecule has 0 saturated heterocycles. The topological polar surface area (TPSA) is 39.2 Å². The van der Waals surface area contributed by atoms with Gasteiger partial charge in [-0.05, 0) is 31.5 Å². The molecule has 0 spiro atoms. The lowest BCUT2D eigenvalue weighted by atomic mass is 10.0. The number of methoxy groups -OCH3 is 1. The number of ether oxygens (including phenoxy) is 1. The number of pyridine rings is 1. The van der Waals surface area contributed by atoms with Gasteiger partial charge in [0, 0.05) is 18.2 Å². The van der Waals surface area contributed by atoms with Crippen LogP contribution >= 0.6 is 0 Å². The largest absolute Gasteiger partial charge is 0.496 e. The van der Waals surface area contributed by atoms with Crippen molar-refractivity contribution >= 4 is 5.78 Å². The molecule has 2 aromatic rings. The predicted molar refractivity (Wildman–Crippen MR) is 74.7 cm³/mol. The minimum Gasteiger partial charge on any atom is -0.496 e. The summed E-state index contributed by atoms with van der Waals surface area (Å²) in [7, 11) is 1.62. The molecule has 3 nitrogen and oxygen atoms in total. The highest BCUT2D eigenvalue weighted by Crippen LogP contribution is 2.21. The Morgan fingerprint density at radius 3 is 2.74 bits per heavy atom. The Balaban J connectivity index is 2.29. The van der Waals surface area contributed by atoms with Crippen LogP contribution in [0.3, 0.4) is 0 Å². The Kier molecular flexibility index (Phi) is 3.95. The van der Waals surface area contributed by atoms with Gasteiger partial charge in [0.05, 0.1) is 7.11 Å². The standard InChI is InChI=1S/C16H17NO2/c1-11-6-7-15(19-3)13(9-11)10-14(18)16-12(2)5-4-8-17-16/h4-9H,10H2,1-3H3. The van der Waals surface area contributed by atoms with Crippen molar-refractivity contribution in [1.82, 2.24) is 4.98 Å². The smallest absolute Gasteiger partial charge is 0.185 e. The van der Waals surface area contributed by atoms with Crippen LogP contribution in [0.2, 0.25) is 0 Å². The van der Waals surface area contributed by atoms with Gasteiger partial charge in [0.15, 0.2) is 5.78 Å². The van der Waals surface area contributed by atoms with E-state index in [9.17, 15) is 4.79 Å². The van der Waals surface area contributed by atoms with E-state index in [2.05, 4.69) is 4.98 Å². The van der Waals surface area contributed by atoms with Gasteiger partial charge in [-0.1, -0.05) is 23.8 Å². The molecule has 0 saturated carbocycles. The third-order valence-electron chi connectivity index (χ3n) is 3.06. The van der Waals surface area contributed by atoms with Crippen molar-refractivity contribution in [3.05, 3.63) is 58.9 Å². The molecule has 0 atom stereocenters. The molecule has 0 aliphatic carbocycles. The number of nitrogens with zero attached hydrogens (tertiary/aromatic N) is 1. The minimum atomic E-state index is 0.0157. The van der Waals surface area contributed by atoms with Crippen LogP contribution in [0.5, 0.6) is 5.75 Å². The first kappa shape index (κ1) is 13.3. The fourth-order valence-electron chi connectivity index (χ4n) is 2.08. The van der Waals surface area contributed by atoms with Crippen LogP contribution in [0.15, 0.2) is 36.5 Å². The van der Waals surface area contributed by atoms with Crippen molar-refractivity contribution in [2.24, 2.45) is 0 Å². The second kappa shape index (κ2) is 5.65. The summed E-state index contributed by atoms with van der Waals surface area (Å²) in [5.41, 5.74) is 3.45. The van der Waals surface area contributed by atoms with Gasteiger partial charge in [-0.15, -0.1) is 0 Å².